The Balaban J connectivity index is 1.76. The number of aromatic amines is 1. The van der Waals surface area contributed by atoms with Crippen LogP contribution in [0.25, 0.3) is 10.9 Å². The van der Waals surface area contributed by atoms with Crippen LogP contribution in [0.5, 0.6) is 0 Å². The Bertz CT molecular complexity index is 1340. The Morgan fingerprint density at radius 3 is 2.27 bits per heavy atom. The fourth-order valence-electron chi connectivity index (χ4n) is 3.12. The van der Waals surface area contributed by atoms with Gasteiger partial charge in [0.2, 0.25) is 5.56 Å². The molecule has 1 aromatic heterocycles. The van der Waals surface area contributed by atoms with Gasteiger partial charge in [0.1, 0.15) is 0 Å². The third-order valence-corrected chi connectivity index (χ3v) is 5.03. The molecule has 0 radical (unpaired) electrons. The van der Waals surface area contributed by atoms with Crippen molar-refractivity contribution in [2.75, 3.05) is 5.32 Å². The van der Waals surface area contributed by atoms with Crippen molar-refractivity contribution in [3.05, 3.63) is 110 Å². The summed E-state index contributed by atoms with van der Waals surface area (Å²) in [6.07, 6.45) is 0. The summed E-state index contributed by atoms with van der Waals surface area (Å²) in [7, 11) is 0. The molecule has 4 aromatic rings. The summed E-state index contributed by atoms with van der Waals surface area (Å²) < 4.78 is 0. The lowest BCUT2D eigenvalue weighted by atomic mass is 9.99. The molecule has 30 heavy (non-hydrogen) atoms. The van der Waals surface area contributed by atoms with E-state index in [4.69, 9.17) is 23.2 Å². The van der Waals surface area contributed by atoms with Crippen molar-refractivity contribution in [3.63, 3.8) is 0 Å². The van der Waals surface area contributed by atoms with Crippen LogP contribution in [0.3, 0.4) is 0 Å². The number of anilines is 1. The summed E-state index contributed by atoms with van der Waals surface area (Å²) in [6, 6.07) is 19.2. The van der Waals surface area contributed by atoms with Crippen molar-refractivity contribution in [1.82, 2.24) is 4.98 Å². The molecule has 7 heteroatoms. The molecule has 0 aliphatic carbocycles. The predicted octanol–water partition coefficient (Wildman–Crippen LogP) is 5.32. The second-order valence-electron chi connectivity index (χ2n) is 6.61. The van der Waals surface area contributed by atoms with E-state index in [-0.39, 0.29) is 11.3 Å². The van der Waals surface area contributed by atoms with Crippen molar-refractivity contribution < 1.29 is 9.59 Å². The van der Waals surface area contributed by atoms with Gasteiger partial charge in [0, 0.05) is 43.8 Å². The van der Waals surface area contributed by atoms with Gasteiger partial charge in [-0.1, -0.05) is 29.3 Å². The number of ketones is 1. The molecule has 0 bridgehead atoms. The molecule has 4 rings (SSSR count). The summed E-state index contributed by atoms with van der Waals surface area (Å²) in [5, 5.41) is 4.18. The summed E-state index contributed by atoms with van der Waals surface area (Å²) in [6.45, 7) is 0. The van der Waals surface area contributed by atoms with Gasteiger partial charge in [-0.15, -0.1) is 0 Å². The van der Waals surface area contributed by atoms with E-state index in [0.29, 0.717) is 37.8 Å². The molecule has 1 heterocycles. The van der Waals surface area contributed by atoms with Crippen LogP contribution in [0, 0.1) is 0 Å². The molecule has 0 atom stereocenters. The average molecular weight is 437 g/mol. The van der Waals surface area contributed by atoms with Gasteiger partial charge in [-0.25, -0.2) is 0 Å². The summed E-state index contributed by atoms with van der Waals surface area (Å²) in [4.78, 5) is 40.5. The lowest BCUT2D eigenvalue weighted by Gasteiger charge is -2.10. The quantitative estimate of drug-likeness (QED) is 0.425. The van der Waals surface area contributed by atoms with Gasteiger partial charge in [-0.05, 0) is 60.7 Å². The smallest absolute Gasteiger partial charge is 0.256 e. The molecule has 5 nitrogen and oxygen atoms in total. The van der Waals surface area contributed by atoms with Crippen LogP contribution in [-0.4, -0.2) is 16.7 Å². The lowest BCUT2D eigenvalue weighted by Crippen LogP contribution is -2.17. The van der Waals surface area contributed by atoms with Gasteiger partial charge < -0.3 is 10.3 Å². The Labute approximate surface area is 181 Å². The van der Waals surface area contributed by atoms with Crippen molar-refractivity contribution in [2.45, 2.75) is 0 Å². The number of aromatic nitrogens is 1. The maximum absolute atomic E-state index is 12.9. The number of hydrogen-bond donors (Lipinski definition) is 2. The number of pyridine rings is 1. The zero-order valence-electron chi connectivity index (χ0n) is 15.4. The summed E-state index contributed by atoms with van der Waals surface area (Å²) >= 11 is 11.9. The monoisotopic (exact) mass is 436 g/mol. The molecule has 3 aromatic carbocycles. The van der Waals surface area contributed by atoms with E-state index in [2.05, 4.69) is 10.3 Å². The van der Waals surface area contributed by atoms with Crippen LogP contribution >= 0.6 is 23.2 Å². The highest BCUT2D eigenvalue weighted by molar-refractivity contribution is 6.31. The first-order valence-electron chi connectivity index (χ1n) is 8.95. The molecule has 0 aliphatic rings. The Hall–Kier alpha value is -3.41. The first kappa shape index (κ1) is 19.9. The maximum Gasteiger partial charge on any atom is 0.256 e. The predicted molar refractivity (Wildman–Crippen MR) is 119 cm³/mol. The minimum absolute atomic E-state index is 0.152. The molecule has 2 N–H and O–H groups in total. The van der Waals surface area contributed by atoms with Crippen LogP contribution in [-0.2, 0) is 0 Å². The van der Waals surface area contributed by atoms with E-state index in [9.17, 15) is 14.4 Å². The summed E-state index contributed by atoms with van der Waals surface area (Å²) in [5.74, 6) is -0.703. The number of rotatable bonds is 4. The number of halogens is 2. The minimum atomic E-state index is -0.482. The zero-order chi connectivity index (χ0) is 21.3. The van der Waals surface area contributed by atoms with Crippen LogP contribution in [0.15, 0.2) is 77.6 Å². The number of hydrogen-bond acceptors (Lipinski definition) is 3. The molecule has 0 spiro atoms. The number of carbonyl (C=O) groups is 2. The topological polar surface area (TPSA) is 79.0 Å². The van der Waals surface area contributed by atoms with E-state index in [0.717, 1.165) is 0 Å². The van der Waals surface area contributed by atoms with Gasteiger partial charge in [-0.2, -0.15) is 0 Å². The fraction of sp³-hybridized carbons (Fsp3) is 0. The molecular formula is C23H14Cl2N2O3. The molecule has 0 saturated carbocycles. The Morgan fingerprint density at radius 1 is 0.800 bits per heavy atom. The van der Waals surface area contributed by atoms with Gasteiger partial charge in [-0.3, -0.25) is 14.4 Å². The molecule has 0 fully saturated rings. The van der Waals surface area contributed by atoms with Crippen LogP contribution in [0.1, 0.15) is 26.3 Å². The van der Waals surface area contributed by atoms with E-state index in [1.54, 1.807) is 66.7 Å². The molecule has 0 unspecified atom stereocenters. The first-order chi connectivity index (χ1) is 14.4. The molecule has 0 aliphatic heterocycles. The number of nitrogens with one attached hydrogen (secondary N) is 2. The van der Waals surface area contributed by atoms with E-state index in [1.165, 1.54) is 6.07 Å². The standard InChI is InChI=1S/C23H14Cl2N2O3/c24-15-7-4-13(5-8-15)22(29)14-6-9-20-18(10-14)19(12-21(28)27-20)23(30)26-17-3-1-2-16(25)11-17/h1-12H,(H,26,30)(H,27,28). The lowest BCUT2D eigenvalue weighted by molar-refractivity contribution is 0.102. The van der Waals surface area contributed by atoms with E-state index in [1.807, 2.05) is 0 Å². The SMILES string of the molecule is O=C(c1ccc(Cl)cc1)c1ccc2[nH]c(=O)cc(C(=O)Nc3cccc(Cl)c3)c2c1. The number of fused-ring (bicyclic) bond motifs is 1. The molecule has 1 amide bonds. The van der Waals surface area contributed by atoms with Crippen molar-refractivity contribution in [1.29, 1.82) is 0 Å². The maximum atomic E-state index is 12.9. The Morgan fingerprint density at radius 2 is 1.53 bits per heavy atom. The largest absolute Gasteiger partial charge is 0.322 e. The van der Waals surface area contributed by atoms with Gasteiger partial charge in [0.05, 0.1) is 5.56 Å². The minimum Gasteiger partial charge on any atom is -0.322 e. The van der Waals surface area contributed by atoms with Gasteiger partial charge in [0.25, 0.3) is 5.91 Å². The highest BCUT2D eigenvalue weighted by atomic mass is 35.5. The number of H-pyrrole nitrogens is 1. The van der Waals surface area contributed by atoms with Crippen molar-refractivity contribution in [3.8, 4) is 0 Å². The number of amides is 1. The summed E-state index contributed by atoms with van der Waals surface area (Å²) in [5.41, 5.74) is 1.53. The molecule has 0 saturated heterocycles. The average Bonchev–Trinajstić information content (AvgIpc) is 2.73. The van der Waals surface area contributed by atoms with Crippen molar-refractivity contribution >= 4 is 51.5 Å². The zero-order valence-corrected chi connectivity index (χ0v) is 16.9. The van der Waals surface area contributed by atoms with Gasteiger partial charge >= 0.3 is 0 Å². The van der Waals surface area contributed by atoms with Gasteiger partial charge in [0.15, 0.2) is 5.78 Å². The first-order valence-corrected chi connectivity index (χ1v) is 9.70. The van der Waals surface area contributed by atoms with E-state index >= 15 is 0 Å². The highest BCUT2D eigenvalue weighted by Gasteiger charge is 2.16. The van der Waals surface area contributed by atoms with Crippen LogP contribution in [0.2, 0.25) is 10.0 Å². The highest BCUT2D eigenvalue weighted by Crippen LogP contribution is 2.22. The second kappa shape index (κ2) is 8.14. The second-order valence-corrected chi connectivity index (χ2v) is 7.48. The number of carbonyl (C=O) groups excluding carboxylic acids is 2. The van der Waals surface area contributed by atoms with E-state index < -0.39 is 11.5 Å². The fourth-order valence-corrected chi connectivity index (χ4v) is 3.43. The number of benzene rings is 3. The Kier molecular flexibility index (Phi) is 5.40. The molecular weight excluding hydrogens is 423 g/mol. The van der Waals surface area contributed by atoms with Crippen molar-refractivity contribution in [2.24, 2.45) is 0 Å². The third kappa shape index (κ3) is 4.13. The van der Waals surface area contributed by atoms with Crippen LogP contribution in [0.4, 0.5) is 5.69 Å². The third-order valence-electron chi connectivity index (χ3n) is 4.54. The molecule has 148 valence electrons. The normalized spacial score (nSPS) is 10.7. The van der Waals surface area contributed by atoms with Crippen LogP contribution < -0.4 is 10.9 Å².